The van der Waals surface area contributed by atoms with E-state index in [4.69, 9.17) is 9.84 Å². The summed E-state index contributed by atoms with van der Waals surface area (Å²) in [5, 5.41) is 20.4. The second-order valence-corrected chi connectivity index (χ2v) is 3.84. The molecule has 0 saturated carbocycles. The molecule has 2 unspecified atom stereocenters. The van der Waals surface area contributed by atoms with Crippen molar-refractivity contribution in [3.63, 3.8) is 0 Å². The third kappa shape index (κ3) is 1.78. The minimum Gasteiger partial charge on any atom is -0.396 e. The molecule has 1 saturated heterocycles. The lowest BCUT2D eigenvalue weighted by molar-refractivity contribution is -0.127. The molecule has 15 heavy (non-hydrogen) atoms. The van der Waals surface area contributed by atoms with Crippen LogP contribution in [0.15, 0.2) is 12.2 Å². The summed E-state index contributed by atoms with van der Waals surface area (Å²) in [5.74, 6) is -0.629. The smallest absolute Gasteiger partial charge is 0.226 e. The average Bonchev–Trinajstić information content (AvgIpc) is 2.84. The van der Waals surface area contributed by atoms with Gasteiger partial charge in [0, 0.05) is 19.1 Å². The molecule has 5 heteroatoms. The van der Waals surface area contributed by atoms with Crippen molar-refractivity contribution >= 4 is 5.91 Å². The summed E-state index contributed by atoms with van der Waals surface area (Å²) in [6, 6.07) is 0. The Morgan fingerprint density at radius 3 is 2.73 bits per heavy atom. The van der Waals surface area contributed by atoms with Crippen molar-refractivity contribution < 1.29 is 19.7 Å². The fourth-order valence-electron chi connectivity index (χ4n) is 2.25. The van der Waals surface area contributed by atoms with E-state index in [2.05, 4.69) is 5.32 Å². The number of ether oxygens (including phenoxy) is 1. The van der Waals surface area contributed by atoms with E-state index >= 15 is 0 Å². The molecule has 84 valence electrons. The molecule has 4 atom stereocenters. The number of aliphatic hydroxyl groups is 2. The molecule has 1 amide bonds. The predicted molar refractivity (Wildman–Crippen MR) is 52.0 cm³/mol. The monoisotopic (exact) mass is 213 g/mol. The maximum atomic E-state index is 11.7. The molecule has 1 fully saturated rings. The van der Waals surface area contributed by atoms with Gasteiger partial charge < -0.3 is 20.3 Å². The molecule has 3 N–H and O–H groups in total. The minimum absolute atomic E-state index is 0.0529. The number of fused-ring (bicyclic) bond motifs is 2. The van der Waals surface area contributed by atoms with Crippen molar-refractivity contribution in [3.05, 3.63) is 12.2 Å². The average molecular weight is 213 g/mol. The fraction of sp³-hybridized carbons (Fsp3) is 0.700. The van der Waals surface area contributed by atoms with Gasteiger partial charge >= 0.3 is 0 Å². The van der Waals surface area contributed by atoms with Crippen molar-refractivity contribution in [2.75, 3.05) is 19.8 Å². The molecule has 0 aromatic heterocycles. The van der Waals surface area contributed by atoms with Crippen LogP contribution in [0.2, 0.25) is 0 Å². The molecule has 2 aliphatic rings. The molecule has 0 aromatic rings. The zero-order valence-corrected chi connectivity index (χ0v) is 8.30. The first-order valence-corrected chi connectivity index (χ1v) is 5.11. The quantitative estimate of drug-likeness (QED) is 0.505. The Kier molecular flexibility index (Phi) is 3.04. The number of carbonyl (C=O) groups is 1. The van der Waals surface area contributed by atoms with Gasteiger partial charge in [0.15, 0.2) is 0 Å². The highest BCUT2D eigenvalue weighted by atomic mass is 16.5. The Hall–Kier alpha value is -0.910. The lowest BCUT2D eigenvalue weighted by Gasteiger charge is -2.22. The molecular formula is C10H15NO4. The van der Waals surface area contributed by atoms with Gasteiger partial charge in [-0.1, -0.05) is 12.2 Å². The zero-order chi connectivity index (χ0) is 10.8. The second-order valence-electron chi connectivity index (χ2n) is 3.84. The van der Waals surface area contributed by atoms with Gasteiger partial charge in [0.2, 0.25) is 5.91 Å². The summed E-state index contributed by atoms with van der Waals surface area (Å²) in [6.07, 6.45) is 3.40. The fourth-order valence-corrected chi connectivity index (χ4v) is 2.25. The molecule has 5 nitrogen and oxygen atoms in total. The number of carbonyl (C=O) groups excluding carboxylic acids is 1. The number of nitrogens with one attached hydrogen (secondary N) is 1. The molecule has 2 bridgehead atoms. The highest BCUT2D eigenvalue weighted by Gasteiger charge is 2.48. The van der Waals surface area contributed by atoms with E-state index in [1.807, 2.05) is 12.2 Å². The Morgan fingerprint density at radius 1 is 1.33 bits per heavy atom. The van der Waals surface area contributed by atoms with Crippen molar-refractivity contribution in [3.8, 4) is 0 Å². The van der Waals surface area contributed by atoms with Crippen LogP contribution in [0.3, 0.4) is 0 Å². The summed E-state index contributed by atoms with van der Waals surface area (Å²) in [5.41, 5.74) is 0. The third-order valence-corrected chi connectivity index (χ3v) is 2.97. The van der Waals surface area contributed by atoms with Crippen molar-refractivity contribution in [2.45, 2.75) is 12.2 Å². The maximum Gasteiger partial charge on any atom is 0.226 e. The van der Waals surface area contributed by atoms with Crippen LogP contribution in [-0.2, 0) is 9.53 Å². The van der Waals surface area contributed by atoms with E-state index in [0.29, 0.717) is 0 Å². The number of rotatable bonds is 4. The second kappa shape index (κ2) is 4.30. The third-order valence-electron chi connectivity index (χ3n) is 2.97. The standard InChI is InChI=1S/C10H15NO4/c12-4-3-11-10(14)9-6(5-13)7-1-2-8(9)15-7/h1-2,6-9,12-13H,3-5H2,(H,11,14)/t6-,7?,8?,9-/m1/s1. The summed E-state index contributed by atoms with van der Waals surface area (Å²) in [4.78, 5) is 11.7. The normalized spacial score (nSPS) is 37.2. The first-order chi connectivity index (χ1) is 7.27. The first kappa shape index (κ1) is 10.6. The van der Waals surface area contributed by atoms with Crippen molar-refractivity contribution in [1.82, 2.24) is 5.32 Å². The highest BCUT2D eigenvalue weighted by Crippen LogP contribution is 2.38. The van der Waals surface area contributed by atoms with Gasteiger partial charge in [-0.3, -0.25) is 4.79 Å². The Bertz CT molecular complexity index is 279. The van der Waals surface area contributed by atoms with Gasteiger partial charge in [-0.15, -0.1) is 0 Å². The molecule has 0 aliphatic carbocycles. The zero-order valence-electron chi connectivity index (χ0n) is 8.30. The van der Waals surface area contributed by atoms with Gasteiger partial charge in [-0.05, 0) is 0 Å². The molecule has 0 aromatic carbocycles. The van der Waals surface area contributed by atoms with Crippen LogP contribution >= 0.6 is 0 Å². The van der Waals surface area contributed by atoms with E-state index in [9.17, 15) is 9.90 Å². The van der Waals surface area contributed by atoms with Gasteiger partial charge in [-0.2, -0.15) is 0 Å². The SMILES string of the molecule is O=C(NCCO)[C@H]1C2C=CC(O2)[C@H]1CO. The largest absolute Gasteiger partial charge is 0.396 e. The molecule has 0 spiro atoms. The number of aliphatic hydroxyl groups excluding tert-OH is 2. The Balaban J connectivity index is 2.01. The molecule has 2 heterocycles. The number of amides is 1. The molecule has 0 radical (unpaired) electrons. The van der Waals surface area contributed by atoms with Crippen LogP contribution in [0.5, 0.6) is 0 Å². The van der Waals surface area contributed by atoms with Gasteiger partial charge in [0.05, 0.1) is 24.7 Å². The van der Waals surface area contributed by atoms with Crippen LogP contribution in [0.1, 0.15) is 0 Å². The van der Waals surface area contributed by atoms with E-state index in [1.165, 1.54) is 0 Å². The summed E-state index contributed by atoms with van der Waals surface area (Å²) in [6.45, 7) is 0.115. The topological polar surface area (TPSA) is 78.8 Å². The van der Waals surface area contributed by atoms with Crippen LogP contribution in [0.4, 0.5) is 0 Å². The van der Waals surface area contributed by atoms with E-state index in [-0.39, 0.29) is 49.7 Å². The molecule has 2 rings (SSSR count). The van der Waals surface area contributed by atoms with E-state index in [0.717, 1.165) is 0 Å². The van der Waals surface area contributed by atoms with E-state index in [1.54, 1.807) is 0 Å². The lowest BCUT2D eigenvalue weighted by atomic mass is 9.83. The van der Waals surface area contributed by atoms with Gasteiger partial charge in [0.1, 0.15) is 0 Å². The van der Waals surface area contributed by atoms with Crippen LogP contribution < -0.4 is 5.32 Å². The molecule has 2 aliphatic heterocycles. The van der Waals surface area contributed by atoms with Gasteiger partial charge in [-0.25, -0.2) is 0 Å². The van der Waals surface area contributed by atoms with Crippen LogP contribution in [0.25, 0.3) is 0 Å². The summed E-state index contributed by atoms with van der Waals surface area (Å²) >= 11 is 0. The van der Waals surface area contributed by atoms with Crippen LogP contribution in [-0.4, -0.2) is 48.1 Å². The Morgan fingerprint density at radius 2 is 2.07 bits per heavy atom. The predicted octanol–water partition coefficient (Wildman–Crippen LogP) is -1.34. The maximum absolute atomic E-state index is 11.7. The van der Waals surface area contributed by atoms with Crippen LogP contribution in [0, 0.1) is 11.8 Å². The Labute approximate surface area is 87.7 Å². The summed E-state index contributed by atoms with van der Waals surface area (Å²) in [7, 11) is 0. The van der Waals surface area contributed by atoms with Crippen molar-refractivity contribution in [1.29, 1.82) is 0 Å². The number of hydrogen-bond acceptors (Lipinski definition) is 4. The first-order valence-electron chi connectivity index (χ1n) is 5.11. The highest BCUT2D eigenvalue weighted by molar-refractivity contribution is 5.80. The summed E-state index contributed by atoms with van der Waals surface area (Å²) < 4.78 is 5.50. The molecular weight excluding hydrogens is 198 g/mol. The van der Waals surface area contributed by atoms with Crippen molar-refractivity contribution in [2.24, 2.45) is 11.8 Å². The number of hydrogen-bond donors (Lipinski definition) is 3. The minimum atomic E-state index is -0.323. The van der Waals surface area contributed by atoms with Gasteiger partial charge in [0.25, 0.3) is 0 Å². The lowest BCUT2D eigenvalue weighted by Crippen LogP contribution is -2.41. The van der Waals surface area contributed by atoms with E-state index < -0.39 is 0 Å².